The highest BCUT2D eigenvalue weighted by Crippen LogP contribution is 2.22. The third kappa shape index (κ3) is 2.59. The molecule has 0 fully saturated rings. The molecule has 90 valence electrons. The molecule has 0 aliphatic carbocycles. The number of aryl methyl sites for hydroxylation is 3. The Hall–Kier alpha value is -1.54. The summed E-state index contributed by atoms with van der Waals surface area (Å²) in [5.41, 5.74) is 11.3. The van der Waals surface area contributed by atoms with E-state index in [9.17, 15) is 0 Å². The molecule has 2 heteroatoms. The van der Waals surface area contributed by atoms with Crippen LogP contribution in [0.5, 0.6) is 0 Å². The number of furan rings is 1. The molecule has 0 radical (unpaired) electrons. The normalized spacial score (nSPS) is 12.7. The van der Waals surface area contributed by atoms with E-state index in [0.717, 1.165) is 17.7 Å². The fourth-order valence-corrected chi connectivity index (χ4v) is 2.17. The lowest BCUT2D eigenvalue weighted by atomic mass is 9.94. The summed E-state index contributed by atoms with van der Waals surface area (Å²) in [7, 11) is 0. The van der Waals surface area contributed by atoms with Crippen LogP contribution in [-0.4, -0.2) is 0 Å². The van der Waals surface area contributed by atoms with Crippen LogP contribution >= 0.6 is 0 Å². The lowest BCUT2D eigenvalue weighted by Gasteiger charge is -2.14. The van der Waals surface area contributed by atoms with E-state index in [4.69, 9.17) is 10.2 Å². The first-order valence-electron chi connectivity index (χ1n) is 5.93. The van der Waals surface area contributed by atoms with E-state index in [2.05, 4.69) is 32.0 Å². The standard InChI is InChI=1S/C15H19NO/c1-10-5-4-6-11(2)14(10)8-15(16)13-7-12(3)17-9-13/h4-7,9,15H,8,16H2,1-3H3. The van der Waals surface area contributed by atoms with Crippen molar-refractivity contribution in [2.24, 2.45) is 5.73 Å². The van der Waals surface area contributed by atoms with Gasteiger partial charge in [-0.2, -0.15) is 0 Å². The molecule has 1 aromatic heterocycles. The van der Waals surface area contributed by atoms with Crippen LogP contribution in [0.2, 0.25) is 0 Å². The van der Waals surface area contributed by atoms with Crippen LogP contribution in [0, 0.1) is 20.8 Å². The molecule has 2 aromatic rings. The van der Waals surface area contributed by atoms with Gasteiger partial charge in [-0.05, 0) is 49.9 Å². The molecule has 1 unspecified atom stereocenters. The van der Waals surface area contributed by atoms with E-state index < -0.39 is 0 Å². The molecule has 0 aliphatic rings. The largest absolute Gasteiger partial charge is 0.469 e. The molecule has 2 nitrogen and oxygen atoms in total. The van der Waals surface area contributed by atoms with Crippen molar-refractivity contribution in [3.8, 4) is 0 Å². The zero-order valence-corrected chi connectivity index (χ0v) is 10.7. The lowest BCUT2D eigenvalue weighted by molar-refractivity contribution is 0.528. The van der Waals surface area contributed by atoms with Gasteiger partial charge in [-0.3, -0.25) is 0 Å². The molecule has 0 amide bonds. The maximum atomic E-state index is 6.22. The lowest BCUT2D eigenvalue weighted by Crippen LogP contribution is -2.14. The van der Waals surface area contributed by atoms with Crippen LogP contribution in [0.4, 0.5) is 0 Å². The van der Waals surface area contributed by atoms with E-state index in [-0.39, 0.29) is 6.04 Å². The molecule has 0 saturated heterocycles. The van der Waals surface area contributed by atoms with Crippen molar-refractivity contribution in [2.45, 2.75) is 33.2 Å². The van der Waals surface area contributed by atoms with E-state index in [1.165, 1.54) is 16.7 Å². The molecule has 2 rings (SSSR count). The SMILES string of the molecule is Cc1cc(C(N)Cc2c(C)cccc2C)co1. The highest BCUT2D eigenvalue weighted by atomic mass is 16.3. The molecule has 2 N–H and O–H groups in total. The Morgan fingerprint density at radius 3 is 2.35 bits per heavy atom. The van der Waals surface area contributed by atoms with Gasteiger partial charge in [0, 0.05) is 11.6 Å². The monoisotopic (exact) mass is 229 g/mol. The molecule has 17 heavy (non-hydrogen) atoms. The van der Waals surface area contributed by atoms with Gasteiger partial charge < -0.3 is 10.2 Å². The van der Waals surface area contributed by atoms with Gasteiger partial charge in [-0.15, -0.1) is 0 Å². The van der Waals surface area contributed by atoms with Gasteiger partial charge in [-0.1, -0.05) is 18.2 Å². The average Bonchev–Trinajstić information content (AvgIpc) is 2.70. The van der Waals surface area contributed by atoms with E-state index in [1.54, 1.807) is 6.26 Å². The Balaban J connectivity index is 2.21. The molecular formula is C15H19NO. The predicted octanol–water partition coefficient (Wildman–Crippen LogP) is 3.45. The zero-order chi connectivity index (χ0) is 12.4. The predicted molar refractivity (Wildman–Crippen MR) is 70.0 cm³/mol. The second kappa shape index (κ2) is 4.76. The summed E-state index contributed by atoms with van der Waals surface area (Å²) >= 11 is 0. The molecule has 1 aromatic carbocycles. The Bertz CT molecular complexity index is 493. The van der Waals surface area contributed by atoms with Gasteiger partial charge in [0.25, 0.3) is 0 Å². The third-order valence-electron chi connectivity index (χ3n) is 3.25. The maximum Gasteiger partial charge on any atom is 0.101 e. The highest BCUT2D eigenvalue weighted by molar-refractivity contribution is 5.35. The molecule has 0 spiro atoms. The summed E-state index contributed by atoms with van der Waals surface area (Å²) in [6, 6.07) is 8.37. The topological polar surface area (TPSA) is 39.2 Å². The highest BCUT2D eigenvalue weighted by Gasteiger charge is 2.12. The zero-order valence-electron chi connectivity index (χ0n) is 10.7. The first-order valence-corrected chi connectivity index (χ1v) is 5.93. The molecule has 1 heterocycles. The van der Waals surface area contributed by atoms with Gasteiger partial charge in [0.05, 0.1) is 6.26 Å². The fourth-order valence-electron chi connectivity index (χ4n) is 2.17. The smallest absolute Gasteiger partial charge is 0.101 e. The van der Waals surface area contributed by atoms with E-state index in [0.29, 0.717) is 0 Å². The average molecular weight is 229 g/mol. The molecule has 0 aliphatic heterocycles. The van der Waals surface area contributed by atoms with E-state index >= 15 is 0 Å². The van der Waals surface area contributed by atoms with Crippen molar-refractivity contribution < 1.29 is 4.42 Å². The Labute approximate surface area is 102 Å². The number of nitrogens with two attached hydrogens (primary N) is 1. The second-order valence-electron chi connectivity index (χ2n) is 4.67. The second-order valence-corrected chi connectivity index (χ2v) is 4.67. The minimum Gasteiger partial charge on any atom is -0.469 e. The fraction of sp³-hybridized carbons (Fsp3) is 0.333. The number of hydrogen-bond donors (Lipinski definition) is 1. The maximum absolute atomic E-state index is 6.22. The van der Waals surface area contributed by atoms with Gasteiger partial charge in [0.2, 0.25) is 0 Å². The van der Waals surface area contributed by atoms with Crippen LogP contribution in [-0.2, 0) is 6.42 Å². The summed E-state index contributed by atoms with van der Waals surface area (Å²) in [5.74, 6) is 0.914. The summed E-state index contributed by atoms with van der Waals surface area (Å²) in [6.07, 6.45) is 2.62. The van der Waals surface area contributed by atoms with E-state index in [1.807, 2.05) is 13.0 Å². The van der Waals surface area contributed by atoms with Crippen LogP contribution in [0.15, 0.2) is 34.9 Å². The molecule has 0 saturated carbocycles. The van der Waals surface area contributed by atoms with Gasteiger partial charge >= 0.3 is 0 Å². The number of rotatable bonds is 3. The minimum absolute atomic E-state index is 0.00671. The Morgan fingerprint density at radius 2 is 1.82 bits per heavy atom. The van der Waals surface area contributed by atoms with Crippen molar-refractivity contribution in [3.63, 3.8) is 0 Å². The minimum atomic E-state index is 0.00671. The summed E-state index contributed by atoms with van der Waals surface area (Å²) in [5, 5.41) is 0. The molecule has 1 atom stereocenters. The molecular weight excluding hydrogens is 210 g/mol. The summed E-state index contributed by atoms with van der Waals surface area (Å²) < 4.78 is 5.30. The van der Waals surface area contributed by atoms with Crippen molar-refractivity contribution in [3.05, 3.63) is 58.5 Å². The van der Waals surface area contributed by atoms with Gasteiger partial charge in [0.1, 0.15) is 5.76 Å². The van der Waals surface area contributed by atoms with Crippen molar-refractivity contribution in [1.29, 1.82) is 0 Å². The first-order chi connectivity index (χ1) is 8.08. The summed E-state index contributed by atoms with van der Waals surface area (Å²) in [6.45, 7) is 6.21. The summed E-state index contributed by atoms with van der Waals surface area (Å²) in [4.78, 5) is 0. The third-order valence-corrected chi connectivity index (χ3v) is 3.25. The van der Waals surface area contributed by atoms with Gasteiger partial charge in [0.15, 0.2) is 0 Å². The molecule has 0 bridgehead atoms. The van der Waals surface area contributed by atoms with Crippen LogP contribution < -0.4 is 5.73 Å². The van der Waals surface area contributed by atoms with Crippen LogP contribution in [0.1, 0.15) is 34.1 Å². The van der Waals surface area contributed by atoms with Crippen LogP contribution in [0.3, 0.4) is 0 Å². The quantitative estimate of drug-likeness (QED) is 0.875. The Morgan fingerprint density at radius 1 is 1.18 bits per heavy atom. The number of benzene rings is 1. The van der Waals surface area contributed by atoms with Crippen molar-refractivity contribution >= 4 is 0 Å². The van der Waals surface area contributed by atoms with Gasteiger partial charge in [-0.25, -0.2) is 0 Å². The number of hydrogen-bond acceptors (Lipinski definition) is 2. The van der Waals surface area contributed by atoms with Crippen LogP contribution in [0.25, 0.3) is 0 Å². The van der Waals surface area contributed by atoms with Crippen molar-refractivity contribution in [1.82, 2.24) is 0 Å². The Kier molecular flexibility index (Phi) is 3.34. The first kappa shape index (κ1) is 11.9. The van der Waals surface area contributed by atoms with Crippen molar-refractivity contribution in [2.75, 3.05) is 0 Å².